The molecule has 1 saturated heterocycles. The van der Waals surface area contributed by atoms with Crippen LogP contribution in [0.15, 0.2) is 29.3 Å². The second kappa shape index (κ2) is 7.29. The van der Waals surface area contributed by atoms with E-state index in [1.54, 1.807) is 0 Å². The topological polar surface area (TPSA) is 59.4 Å². The lowest BCUT2D eigenvalue weighted by molar-refractivity contribution is 0.277. The first-order chi connectivity index (χ1) is 11.2. The van der Waals surface area contributed by atoms with Gasteiger partial charge in [0.05, 0.1) is 11.0 Å². The number of fused-ring (bicyclic) bond motifs is 1. The second-order valence-corrected chi connectivity index (χ2v) is 6.96. The SMILES string of the molecule is CC1CCN(C(N)=NCc2nc3ccccc3n2C2CC2)CC1.I. The van der Waals surface area contributed by atoms with Crippen molar-refractivity contribution in [3.8, 4) is 0 Å². The zero-order valence-electron chi connectivity index (χ0n) is 14.2. The number of guanidine groups is 1. The van der Waals surface area contributed by atoms with E-state index in [1.807, 2.05) is 6.07 Å². The predicted octanol–water partition coefficient (Wildman–Crippen LogP) is 3.54. The Morgan fingerprint density at radius 3 is 2.62 bits per heavy atom. The highest BCUT2D eigenvalue weighted by Crippen LogP contribution is 2.38. The van der Waals surface area contributed by atoms with Crippen LogP contribution in [0.5, 0.6) is 0 Å². The van der Waals surface area contributed by atoms with E-state index in [0.29, 0.717) is 18.5 Å². The molecular weight excluding hydrogens is 413 g/mol. The van der Waals surface area contributed by atoms with Crippen molar-refractivity contribution in [3.63, 3.8) is 0 Å². The molecule has 0 radical (unpaired) electrons. The van der Waals surface area contributed by atoms with E-state index in [0.717, 1.165) is 30.3 Å². The zero-order chi connectivity index (χ0) is 15.8. The summed E-state index contributed by atoms with van der Waals surface area (Å²) in [5.74, 6) is 2.52. The number of nitrogens with two attached hydrogens (primary N) is 1. The van der Waals surface area contributed by atoms with Gasteiger partial charge in [-0.05, 0) is 43.7 Å². The number of hydrogen-bond donors (Lipinski definition) is 1. The molecule has 0 atom stereocenters. The average molecular weight is 439 g/mol. The standard InChI is InChI=1S/C18H25N5.HI/c1-13-8-10-22(11-9-13)18(19)20-12-17-21-15-4-2-3-5-16(15)23(17)14-6-7-14;/h2-5,13-14H,6-12H2,1H3,(H2,19,20);1H. The summed E-state index contributed by atoms with van der Waals surface area (Å²) < 4.78 is 2.37. The Balaban J connectivity index is 0.00000169. The molecule has 2 fully saturated rings. The molecule has 0 bridgehead atoms. The van der Waals surface area contributed by atoms with E-state index in [1.165, 1.54) is 31.2 Å². The molecule has 1 aromatic heterocycles. The van der Waals surface area contributed by atoms with Crippen molar-refractivity contribution in [2.45, 2.75) is 45.2 Å². The number of nitrogens with zero attached hydrogens (tertiary/aromatic N) is 4. The van der Waals surface area contributed by atoms with Gasteiger partial charge in [0.25, 0.3) is 0 Å². The molecule has 2 aliphatic rings. The molecule has 130 valence electrons. The van der Waals surface area contributed by atoms with Gasteiger partial charge in [-0.25, -0.2) is 9.98 Å². The summed E-state index contributed by atoms with van der Waals surface area (Å²) in [5, 5.41) is 0. The highest BCUT2D eigenvalue weighted by molar-refractivity contribution is 14.0. The third kappa shape index (κ3) is 3.53. The summed E-state index contributed by atoms with van der Waals surface area (Å²) in [6, 6.07) is 8.96. The summed E-state index contributed by atoms with van der Waals surface area (Å²) in [4.78, 5) is 11.6. The third-order valence-corrected chi connectivity index (χ3v) is 5.07. The fraction of sp³-hybridized carbons (Fsp3) is 0.556. The molecule has 5 nitrogen and oxygen atoms in total. The van der Waals surface area contributed by atoms with Gasteiger partial charge < -0.3 is 15.2 Å². The van der Waals surface area contributed by atoms with Crippen molar-refractivity contribution >= 4 is 41.0 Å². The maximum Gasteiger partial charge on any atom is 0.191 e. The Hall–Kier alpha value is -1.31. The molecule has 6 heteroatoms. The summed E-state index contributed by atoms with van der Waals surface area (Å²) in [7, 11) is 0. The largest absolute Gasteiger partial charge is 0.370 e. The highest BCUT2D eigenvalue weighted by atomic mass is 127. The fourth-order valence-electron chi connectivity index (χ4n) is 3.44. The number of para-hydroxylation sites is 2. The molecule has 0 unspecified atom stereocenters. The molecule has 2 aromatic rings. The van der Waals surface area contributed by atoms with Crippen molar-refractivity contribution in [2.75, 3.05) is 13.1 Å². The van der Waals surface area contributed by atoms with Crippen LogP contribution in [0.2, 0.25) is 0 Å². The van der Waals surface area contributed by atoms with E-state index in [4.69, 9.17) is 10.7 Å². The fourth-order valence-corrected chi connectivity index (χ4v) is 3.44. The quantitative estimate of drug-likeness (QED) is 0.452. The van der Waals surface area contributed by atoms with Crippen molar-refractivity contribution in [1.82, 2.24) is 14.5 Å². The second-order valence-electron chi connectivity index (χ2n) is 6.96. The molecular formula is C18H26IN5. The summed E-state index contributed by atoms with van der Waals surface area (Å²) >= 11 is 0. The number of hydrogen-bond acceptors (Lipinski definition) is 2. The van der Waals surface area contributed by atoms with Crippen LogP contribution in [-0.4, -0.2) is 33.5 Å². The Labute approximate surface area is 160 Å². The predicted molar refractivity (Wildman–Crippen MR) is 109 cm³/mol. The number of likely N-dealkylation sites (tertiary alicyclic amines) is 1. The van der Waals surface area contributed by atoms with Gasteiger partial charge in [-0.3, -0.25) is 0 Å². The van der Waals surface area contributed by atoms with E-state index in [-0.39, 0.29) is 24.0 Å². The van der Waals surface area contributed by atoms with E-state index in [9.17, 15) is 0 Å². The zero-order valence-corrected chi connectivity index (χ0v) is 16.5. The maximum atomic E-state index is 6.22. The van der Waals surface area contributed by atoms with E-state index < -0.39 is 0 Å². The Morgan fingerprint density at radius 1 is 1.21 bits per heavy atom. The van der Waals surface area contributed by atoms with Crippen LogP contribution in [0.1, 0.15) is 44.5 Å². The molecule has 0 spiro atoms. The molecule has 2 heterocycles. The van der Waals surface area contributed by atoms with Crippen LogP contribution in [0.3, 0.4) is 0 Å². The lowest BCUT2D eigenvalue weighted by Gasteiger charge is -2.31. The lowest BCUT2D eigenvalue weighted by Crippen LogP contribution is -2.42. The maximum absolute atomic E-state index is 6.22. The van der Waals surface area contributed by atoms with Gasteiger partial charge in [-0.1, -0.05) is 19.1 Å². The molecule has 1 aliphatic heterocycles. The van der Waals surface area contributed by atoms with Crippen LogP contribution in [0, 0.1) is 5.92 Å². The number of halogens is 1. The summed E-state index contributed by atoms with van der Waals surface area (Å²) in [6.07, 6.45) is 4.90. The molecule has 2 N–H and O–H groups in total. The number of aromatic nitrogens is 2. The summed E-state index contributed by atoms with van der Waals surface area (Å²) in [5.41, 5.74) is 8.51. The minimum absolute atomic E-state index is 0. The molecule has 0 amide bonds. The molecule has 1 aromatic carbocycles. The van der Waals surface area contributed by atoms with Gasteiger partial charge in [0.2, 0.25) is 0 Å². The minimum Gasteiger partial charge on any atom is -0.370 e. The highest BCUT2D eigenvalue weighted by Gasteiger charge is 2.28. The van der Waals surface area contributed by atoms with Gasteiger partial charge in [0.1, 0.15) is 12.4 Å². The van der Waals surface area contributed by atoms with E-state index in [2.05, 4.69) is 39.6 Å². The van der Waals surface area contributed by atoms with Crippen molar-refractivity contribution in [1.29, 1.82) is 0 Å². The third-order valence-electron chi connectivity index (χ3n) is 5.07. The smallest absolute Gasteiger partial charge is 0.191 e. The van der Waals surface area contributed by atoms with Gasteiger partial charge >= 0.3 is 0 Å². The van der Waals surface area contributed by atoms with Gasteiger partial charge in [-0.2, -0.15) is 0 Å². The Bertz CT molecular complexity index is 726. The van der Waals surface area contributed by atoms with Crippen LogP contribution < -0.4 is 5.73 Å². The van der Waals surface area contributed by atoms with Crippen LogP contribution in [0.25, 0.3) is 11.0 Å². The molecule has 24 heavy (non-hydrogen) atoms. The number of rotatable bonds is 3. The van der Waals surface area contributed by atoms with Gasteiger partial charge in [0, 0.05) is 19.1 Å². The molecule has 1 aliphatic carbocycles. The van der Waals surface area contributed by atoms with Crippen molar-refractivity contribution in [2.24, 2.45) is 16.6 Å². The number of benzene rings is 1. The van der Waals surface area contributed by atoms with Crippen molar-refractivity contribution in [3.05, 3.63) is 30.1 Å². The Kier molecular flexibility index (Phi) is 5.32. The molecule has 1 saturated carbocycles. The van der Waals surface area contributed by atoms with Gasteiger partial charge in [0.15, 0.2) is 5.96 Å². The van der Waals surface area contributed by atoms with Gasteiger partial charge in [-0.15, -0.1) is 24.0 Å². The lowest BCUT2D eigenvalue weighted by atomic mass is 10.00. The van der Waals surface area contributed by atoms with Crippen LogP contribution in [0.4, 0.5) is 0 Å². The van der Waals surface area contributed by atoms with Crippen molar-refractivity contribution < 1.29 is 0 Å². The first-order valence-corrected chi connectivity index (χ1v) is 8.73. The van der Waals surface area contributed by atoms with E-state index >= 15 is 0 Å². The normalized spacial score (nSPS) is 19.5. The number of piperidine rings is 1. The average Bonchev–Trinajstić information content (AvgIpc) is 3.33. The first-order valence-electron chi connectivity index (χ1n) is 8.73. The monoisotopic (exact) mass is 439 g/mol. The van der Waals surface area contributed by atoms with Crippen LogP contribution in [-0.2, 0) is 6.54 Å². The number of aliphatic imine (C=N–C) groups is 1. The first kappa shape index (κ1) is 17.5. The van der Waals surface area contributed by atoms with Crippen LogP contribution >= 0.6 is 24.0 Å². The minimum atomic E-state index is 0. The molecule has 4 rings (SSSR count). The summed E-state index contributed by atoms with van der Waals surface area (Å²) in [6.45, 7) is 4.93. The Morgan fingerprint density at radius 2 is 1.92 bits per heavy atom. The number of imidazole rings is 1.